The summed E-state index contributed by atoms with van der Waals surface area (Å²) in [5.41, 5.74) is 0. The number of phosphoric acid groups is 2. The predicted molar refractivity (Wildman–Crippen MR) is 349 cm³/mol. The first-order valence-corrected chi connectivity index (χ1v) is 38.5. The molecule has 0 aliphatic carbocycles. The monoisotopic (exact) mass is 1280 g/mol. The number of carbonyl (C=O) groups is 4. The third kappa shape index (κ3) is 62.6. The van der Waals surface area contributed by atoms with E-state index in [4.69, 9.17) is 37.0 Å². The number of aliphatic hydroxyl groups excluding tert-OH is 1. The number of hydrogen-bond acceptors (Lipinski definition) is 15. The maximum absolute atomic E-state index is 13.0. The van der Waals surface area contributed by atoms with E-state index in [9.17, 15) is 43.2 Å². The quantitative estimate of drug-likeness (QED) is 0.0222. The second kappa shape index (κ2) is 60.3. The van der Waals surface area contributed by atoms with E-state index in [1.807, 2.05) is 0 Å². The molecular formula is C68H132O17P2. The van der Waals surface area contributed by atoms with Crippen LogP contribution in [0.4, 0.5) is 0 Å². The summed E-state index contributed by atoms with van der Waals surface area (Å²) < 4.78 is 68.1. The van der Waals surface area contributed by atoms with Crippen molar-refractivity contribution in [1.82, 2.24) is 0 Å². The van der Waals surface area contributed by atoms with Crippen LogP contribution in [0.1, 0.15) is 343 Å². The molecule has 19 heteroatoms. The molecule has 2 unspecified atom stereocenters. The van der Waals surface area contributed by atoms with Crippen LogP contribution in [-0.2, 0) is 65.4 Å². The van der Waals surface area contributed by atoms with Gasteiger partial charge < -0.3 is 33.8 Å². The molecule has 17 nitrogen and oxygen atoms in total. The van der Waals surface area contributed by atoms with Gasteiger partial charge in [-0.05, 0) is 37.5 Å². The predicted octanol–water partition coefficient (Wildman–Crippen LogP) is 19.2. The first-order valence-electron chi connectivity index (χ1n) is 35.5. The molecule has 0 spiro atoms. The molecule has 0 amide bonds. The molecule has 0 aliphatic heterocycles. The second-order valence-electron chi connectivity index (χ2n) is 25.5. The Morgan fingerprint density at radius 3 is 0.782 bits per heavy atom. The molecule has 0 bridgehead atoms. The molecule has 0 aromatic heterocycles. The fraction of sp³-hybridized carbons (Fsp3) is 0.941. The van der Waals surface area contributed by atoms with Crippen LogP contribution in [0.15, 0.2) is 0 Å². The minimum absolute atomic E-state index is 0.104. The van der Waals surface area contributed by atoms with Crippen LogP contribution in [0.2, 0.25) is 0 Å². The molecule has 516 valence electrons. The maximum Gasteiger partial charge on any atom is 0.472 e. The number of carbonyl (C=O) groups excluding carboxylic acids is 4. The molecule has 0 aliphatic rings. The van der Waals surface area contributed by atoms with Gasteiger partial charge in [0.2, 0.25) is 0 Å². The number of phosphoric ester groups is 2. The van der Waals surface area contributed by atoms with Crippen molar-refractivity contribution < 1.29 is 80.2 Å². The van der Waals surface area contributed by atoms with E-state index in [0.717, 1.165) is 115 Å². The van der Waals surface area contributed by atoms with E-state index in [1.54, 1.807) is 0 Å². The zero-order chi connectivity index (χ0) is 64.3. The van der Waals surface area contributed by atoms with Crippen LogP contribution in [-0.4, -0.2) is 96.7 Å². The first kappa shape index (κ1) is 85.1. The van der Waals surface area contributed by atoms with Gasteiger partial charge in [0, 0.05) is 25.7 Å². The Morgan fingerprint density at radius 2 is 0.529 bits per heavy atom. The van der Waals surface area contributed by atoms with Gasteiger partial charge >= 0.3 is 39.5 Å². The molecule has 0 rings (SSSR count). The summed E-state index contributed by atoms with van der Waals surface area (Å²) in [5, 5.41) is 10.6. The van der Waals surface area contributed by atoms with Crippen LogP contribution < -0.4 is 0 Å². The van der Waals surface area contributed by atoms with Gasteiger partial charge in [-0.2, -0.15) is 0 Å². The standard InChI is InChI=1S/C68H132O17P2/c1-7-9-11-13-15-16-17-18-19-20-21-22-23-26-34-40-46-52-67(72)84-64(57-79-66(71)51-45-39-33-27-24-25-31-36-42-48-60(3)4)59-83-87(76,77)81-55-62(69)54-80-86(74,75)82-58-63(56-78-65(70)50-44-38-30-14-12-10-8-2)85-68(73)53-47-41-35-29-28-32-37-43-49-61(5)6/h60-64,69H,7-59H2,1-6H3,(H,74,75)(H,76,77)/t62-,63+,64+/m0/s1. The molecule has 0 fully saturated rings. The van der Waals surface area contributed by atoms with Crippen LogP contribution in [0, 0.1) is 11.8 Å². The molecule has 0 aromatic rings. The highest BCUT2D eigenvalue weighted by molar-refractivity contribution is 7.47. The highest BCUT2D eigenvalue weighted by atomic mass is 31.2. The minimum atomic E-state index is -4.95. The fourth-order valence-corrected chi connectivity index (χ4v) is 11.8. The van der Waals surface area contributed by atoms with E-state index >= 15 is 0 Å². The summed E-state index contributed by atoms with van der Waals surface area (Å²) in [5.74, 6) is -0.670. The molecule has 0 heterocycles. The second-order valence-corrected chi connectivity index (χ2v) is 28.4. The Kier molecular flexibility index (Phi) is 59.0. The van der Waals surface area contributed by atoms with Gasteiger partial charge in [-0.25, -0.2) is 9.13 Å². The number of unbranched alkanes of at least 4 members (excludes halogenated alkanes) is 37. The average molecular weight is 1280 g/mol. The van der Waals surface area contributed by atoms with Gasteiger partial charge in [-0.3, -0.25) is 37.3 Å². The van der Waals surface area contributed by atoms with E-state index in [-0.39, 0.29) is 25.7 Å². The summed E-state index contributed by atoms with van der Waals surface area (Å²) in [6, 6.07) is 0. The van der Waals surface area contributed by atoms with E-state index in [0.29, 0.717) is 25.7 Å². The Hall–Kier alpha value is -1.94. The van der Waals surface area contributed by atoms with Crippen molar-refractivity contribution in [2.75, 3.05) is 39.6 Å². The first-order chi connectivity index (χ1) is 41.9. The Balaban J connectivity index is 5.20. The van der Waals surface area contributed by atoms with Gasteiger partial charge in [0.15, 0.2) is 12.2 Å². The molecule has 3 N–H and O–H groups in total. The van der Waals surface area contributed by atoms with E-state index in [1.165, 1.54) is 148 Å². The zero-order valence-corrected chi connectivity index (χ0v) is 58.1. The van der Waals surface area contributed by atoms with E-state index in [2.05, 4.69) is 41.5 Å². The number of aliphatic hydroxyl groups is 1. The number of ether oxygens (including phenoxy) is 4. The van der Waals surface area contributed by atoms with Crippen molar-refractivity contribution in [1.29, 1.82) is 0 Å². The molecule has 5 atom stereocenters. The molecule has 0 aromatic carbocycles. The normalized spacial score (nSPS) is 14.2. The molecule has 87 heavy (non-hydrogen) atoms. The molecular weight excluding hydrogens is 1150 g/mol. The van der Waals surface area contributed by atoms with Crippen LogP contribution >= 0.6 is 15.6 Å². The third-order valence-corrected chi connectivity index (χ3v) is 17.6. The highest BCUT2D eigenvalue weighted by Crippen LogP contribution is 2.45. The average Bonchev–Trinajstić information content (AvgIpc) is 3.62. The Bertz CT molecular complexity index is 1700. The summed E-state index contributed by atoms with van der Waals surface area (Å²) in [7, 11) is -9.89. The van der Waals surface area contributed by atoms with Gasteiger partial charge in [-0.15, -0.1) is 0 Å². The van der Waals surface area contributed by atoms with Crippen molar-refractivity contribution in [3.8, 4) is 0 Å². The van der Waals surface area contributed by atoms with Gasteiger partial charge in [0.1, 0.15) is 19.3 Å². The molecule has 0 saturated carbocycles. The highest BCUT2D eigenvalue weighted by Gasteiger charge is 2.30. The lowest BCUT2D eigenvalue weighted by Gasteiger charge is -2.21. The largest absolute Gasteiger partial charge is 0.472 e. The van der Waals surface area contributed by atoms with Gasteiger partial charge in [-0.1, -0.05) is 292 Å². The minimum Gasteiger partial charge on any atom is -0.462 e. The third-order valence-electron chi connectivity index (χ3n) is 15.7. The summed E-state index contributed by atoms with van der Waals surface area (Å²) in [4.78, 5) is 72.3. The van der Waals surface area contributed by atoms with Crippen molar-refractivity contribution in [3.05, 3.63) is 0 Å². The number of rotatable bonds is 67. The smallest absolute Gasteiger partial charge is 0.462 e. The van der Waals surface area contributed by atoms with Gasteiger partial charge in [0.05, 0.1) is 26.4 Å². The Morgan fingerprint density at radius 1 is 0.310 bits per heavy atom. The van der Waals surface area contributed by atoms with Crippen molar-refractivity contribution in [2.24, 2.45) is 11.8 Å². The zero-order valence-electron chi connectivity index (χ0n) is 56.3. The summed E-state index contributed by atoms with van der Waals surface area (Å²) in [6.45, 7) is 9.43. The number of hydrogen-bond donors (Lipinski definition) is 3. The molecule has 0 radical (unpaired) electrons. The van der Waals surface area contributed by atoms with Crippen molar-refractivity contribution in [3.63, 3.8) is 0 Å². The van der Waals surface area contributed by atoms with E-state index < -0.39 is 97.5 Å². The topological polar surface area (TPSA) is 237 Å². The fourth-order valence-electron chi connectivity index (χ4n) is 10.2. The lowest BCUT2D eigenvalue weighted by atomic mass is 10.0. The SMILES string of the molecule is CCCCCCCCCCCCCCCCCCCC(=O)O[C@H](COC(=O)CCCCCCCCCCCC(C)C)COP(=O)(O)OC[C@@H](O)COP(=O)(O)OC[C@@H](COC(=O)CCCCCCCCC)OC(=O)CCCCCCCCCCC(C)C. The Labute approximate surface area is 530 Å². The van der Waals surface area contributed by atoms with Gasteiger partial charge in [0.25, 0.3) is 0 Å². The number of esters is 4. The lowest BCUT2D eigenvalue weighted by molar-refractivity contribution is -0.161. The van der Waals surface area contributed by atoms with Crippen LogP contribution in [0.25, 0.3) is 0 Å². The summed E-state index contributed by atoms with van der Waals surface area (Å²) >= 11 is 0. The van der Waals surface area contributed by atoms with Crippen LogP contribution in [0.5, 0.6) is 0 Å². The van der Waals surface area contributed by atoms with Crippen molar-refractivity contribution in [2.45, 2.75) is 362 Å². The molecule has 0 saturated heterocycles. The van der Waals surface area contributed by atoms with Crippen molar-refractivity contribution >= 4 is 39.5 Å². The maximum atomic E-state index is 13.0. The lowest BCUT2D eigenvalue weighted by Crippen LogP contribution is -2.30. The summed E-state index contributed by atoms with van der Waals surface area (Å²) in [6.07, 6.45) is 44.6. The van der Waals surface area contributed by atoms with Crippen LogP contribution in [0.3, 0.4) is 0 Å².